The number of anilines is 1. The molecule has 0 spiro atoms. The van der Waals surface area contributed by atoms with Crippen LogP contribution in [-0.4, -0.2) is 44.2 Å². The van der Waals surface area contributed by atoms with Crippen molar-refractivity contribution in [3.63, 3.8) is 0 Å². The number of carbonyl (C=O) groups excluding carboxylic acids is 1. The van der Waals surface area contributed by atoms with Crippen molar-refractivity contribution in [1.82, 2.24) is 20.1 Å². The van der Waals surface area contributed by atoms with Crippen LogP contribution in [0.25, 0.3) is 0 Å². The summed E-state index contributed by atoms with van der Waals surface area (Å²) in [5.41, 5.74) is 0.379. The van der Waals surface area contributed by atoms with Gasteiger partial charge >= 0.3 is 12.0 Å². The third kappa shape index (κ3) is 3.69. The van der Waals surface area contributed by atoms with Gasteiger partial charge in [-0.1, -0.05) is 11.6 Å². The number of nitrogens with one attached hydrogen (secondary N) is 2. The third-order valence-corrected chi connectivity index (χ3v) is 2.96. The van der Waals surface area contributed by atoms with Crippen LogP contribution in [0, 0.1) is 0 Å². The summed E-state index contributed by atoms with van der Waals surface area (Å²) in [5, 5.41) is 17.9. The van der Waals surface area contributed by atoms with Crippen molar-refractivity contribution in [1.29, 1.82) is 0 Å². The molecule has 1 aromatic heterocycles. The van der Waals surface area contributed by atoms with Crippen molar-refractivity contribution >= 4 is 29.3 Å². The number of benzene rings is 1. The second-order valence-electron chi connectivity index (χ2n) is 4.22. The minimum absolute atomic E-state index is 0.0234. The number of aromatic amines is 1. The van der Waals surface area contributed by atoms with Gasteiger partial charge in [0.15, 0.2) is 0 Å². The first-order chi connectivity index (χ1) is 9.97. The van der Waals surface area contributed by atoms with Crippen molar-refractivity contribution in [2.24, 2.45) is 0 Å². The fraction of sp³-hybridized carbons (Fsp3) is 0.167. The molecule has 0 aliphatic rings. The van der Waals surface area contributed by atoms with Gasteiger partial charge in [-0.15, -0.1) is 0 Å². The maximum Gasteiger partial charge on any atom is 0.337 e. The Morgan fingerprint density at radius 3 is 2.81 bits per heavy atom. The molecule has 21 heavy (non-hydrogen) atoms. The lowest BCUT2D eigenvalue weighted by Crippen LogP contribution is -2.31. The van der Waals surface area contributed by atoms with Gasteiger partial charge in [-0.3, -0.25) is 5.10 Å². The molecule has 9 heteroatoms. The van der Waals surface area contributed by atoms with Crippen LogP contribution in [0.4, 0.5) is 10.5 Å². The fourth-order valence-corrected chi connectivity index (χ4v) is 1.85. The number of nitrogens with zero attached hydrogens (tertiary/aromatic N) is 3. The summed E-state index contributed by atoms with van der Waals surface area (Å²) in [6, 6.07) is 3.79. The number of carbonyl (C=O) groups is 2. The number of halogens is 1. The molecule has 3 N–H and O–H groups in total. The quantitative estimate of drug-likeness (QED) is 0.797. The van der Waals surface area contributed by atoms with Crippen molar-refractivity contribution in [2.45, 2.75) is 6.54 Å². The molecule has 8 nitrogen and oxygen atoms in total. The lowest BCUT2D eigenvalue weighted by Gasteiger charge is -2.16. The summed E-state index contributed by atoms with van der Waals surface area (Å²) < 4.78 is 0. The molecule has 0 fully saturated rings. The fourth-order valence-electron chi connectivity index (χ4n) is 1.59. The summed E-state index contributed by atoms with van der Waals surface area (Å²) in [7, 11) is 1.59. The Labute approximate surface area is 124 Å². The number of rotatable bonds is 4. The number of carboxylic acid groups (broad SMARTS) is 1. The standard InChI is InChI=1S/C12H12ClN5O3/c1-18(5-10-14-6-15-17-10)12(21)16-7-2-3-8(11(19)20)9(13)4-7/h2-4,6H,5H2,1H3,(H,16,21)(H,19,20)(H,14,15,17). The van der Waals surface area contributed by atoms with Crippen LogP contribution >= 0.6 is 11.6 Å². The Morgan fingerprint density at radius 2 is 2.24 bits per heavy atom. The van der Waals surface area contributed by atoms with E-state index in [9.17, 15) is 9.59 Å². The molecule has 2 aromatic rings. The second-order valence-corrected chi connectivity index (χ2v) is 4.63. The molecule has 0 unspecified atom stereocenters. The summed E-state index contributed by atoms with van der Waals surface area (Å²) in [6.07, 6.45) is 1.35. The third-order valence-electron chi connectivity index (χ3n) is 2.65. The SMILES string of the molecule is CN(Cc1ncn[nH]1)C(=O)Nc1ccc(C(=O)O)c(Cl)c1. The van der Waals surface area contributed by atoms with Gasteiger partial charge in [-0.25, -0.2) is 14.6 Å². The van der Waals surface area contributed by atoms with E-state index in [0.29, 0.717) is 11.5 Å². The van der Waals surface area contributed by atoms with Crippen LogP contribution in [0.3, 0.4) is 0 Å². The van der Waals surface area contributed by atoms with E-state index in [1.807, 2.05) is 0 Å². The van der Waals surface area contributed by atoms with Crippen LogP contribution in [0.5, 0.6) is 0 Å². The lowest BCUT2D eigenvalue weighted by atomic mass is 10.2. The molecule has 0 atom stereocenters. The Balaban J connectivity index is 2.02. The number of hydrogen-bond acceptors (Lipinski definition) is 4. The number of aromatic nitrogens is 3. The van der Waals surface area contributed by atoms with Gasteiger partial charge in [0.05, 0.1) is 17.1 Å². The molecule has 2 rings (SSSR count). The van der Waals surface area contributed by atoms with Crippen LogP contribution in [0.1, 0.15) is 16.2 Å². The normalized spacial score (nSPS) is 10.2. The number of aromatic carboxylic acids is 1. The molecule has 0 aliphatic heterocycles. The van der Waals surface area contributed by atoms with E-state index in [4.69, 9.17) is 16.7 Å². The average molecular weight is 310 g/mol. The Kier molecular flexibility index (Phi) is 4.39. The molecule has 1 heterocycles. The van der Waals surface area contributed by atoms with Gasteiger partial charge in [0.25, 0.3) is 0 Å². The van der Waals surface area contributed by atoms with Gasteiger partial charge in [-0.2, -0.15) is 5.10 Å². The summed E-state index contributed by atoms with van der Waals surface area (Å²) in [5.74, 6) is -0.577. The van der Waals surface area contributed by atoms with E-state index in [2.05, 4.69) is 20.5 Å². The van der Waals surface area contributed by atoms with Crippen molar-refractivity contribution in [3.05, 3.63) is 40.9 Å². The first kappa shape index (κ1) is 14.8. The largest absolute Gasteiger partial charge is 0.478 e. The highest BCUT2D eigenvalue weighted by atomic mass is 35.5. The molecular formula is C12H12ClN5O3. The van der Waals surface area contributed by atoms with Crippen molar-refractivity contribution in [3.8, 4) is 0 Å². The Morgan fingerprint density at radius 1 is 1.48 bits per heavy atom. The molecule has 0 bridgehead atoms. The zero-order valence-electron chi connectivity index (χ0n) is 11.0. The van der Waals surface area contributed by atoms with Gasteiger partial charge in [0, 0.05) is 12.7 Å². The monoisotopic (exact) mass is 309 g/mol. The van der Waals surface area contributed by atoms with Crippen LogP contribution < -0.4 is 5.32 Å². The molecule has 2 amide bonds. The maximum atomic E-state index is 12.0. The number of amides is 2. The molecule has 0 aliphatic carbocycles. The molecule has 1 aromatic carbocycles. The van der Waals surface area contributed by atoms with Crippen LogP contribution in [-0.2, 0) is 6.54 Å². The maximum absolute atomic E-state index is 12.0. The predicted molar refractivity (Wildman–Crippen MR) is 75.3 cm³/mol. The highest BCUT2D eigenvalue weighted by Gasteiger charge is 2.13. The van der Waals surface area contributed by atoms with Crippen LogP contribution in [0.2, 0.25) is 5.02 Å². The smallest absolute Gasteiger partial charge is 0.337 e. The van der Waals surface area contributed by atoms with Crippen LogP contribution in [0.15, 0.2) is 24.5 Å². The zero-order valence-corrected chi connectivity index (χ0v) is 11.8. The molecule has 0 saturated heterocycles. The average Bonchev–Trinajstić information content (AvgIpc) is 2.91. The molecule has 0 saturated carbocycles. The number of H-pyrrole nitrogens is 1. The minimum Gasteiger partial charge on any atom is -0.478 e. The predicted octanol–water partition coefficient (Wildman–Crippen LogP) is 1.82. The molecule has 0 radical (unpaired) electrons. The first-order valence-electron chi connectivity index (χ1n) is 5.86. The minimum atomic E-state index is -1.12. The van der Waals surface area contributed by atoms with Gasteiger partial charge in [0.1, 0.15) is 12.2 Å². The topological polar surface area (TPSA) is 111 Å². The Hall–Kier alpha value is -2.61. The van der Waals surface area contributed by atoms with E-state index < -0.39 is 5.97 Å². The van der Waals surface area contributed by atoms with E-state index >= 15 is 0 Å². The summed E-state index contributed by atoms with van der Waals surface area (Å²) >= 11 is 5.83. The lowest BCUT2D eigenvalue weighted by molar-refractivity contribution is 0.0697. The van der Waals surface area contributed by atoms with Crippen molar-refractivity contribution in [2.75, 3.05) is 12.4 Å². The Bertz CT molecular complexity index is 659. The highest BCUT2D eigenvalue weighted by molar-refractivity contribution is 6.33. The van der Waals surface area contributed by atoms with E-state index in [-0.39, 0.29) is 23.2 Å². The van der Waals surface area contributed by atoms with Gasteiger partial charge < -0.3 is 15.3 Å². The van der Waals surface area contributed by atoms with E-state index in [0.717, 1.165) is 0 Å². The zero-order chi connectivity index (χ0) is 15.4. The molecular weight excluding hydrogens is 298 g/mol. The first-order valence-corrected chi connectivity index (χ1v) is 6.24. The second kappa shape index (κ2) is 6.23. The summed E-state index contributed by atoms with van der Waals surface area (Å²) in [4.78, 5) is 28.1. The van der Waals surface area contributed by atoms with E-state index in [1.54, 1.807) is 7.05 Å². The molecule has 110 valence electrons. The van der Waals surface area contributed by atoms with Gasteiger partial charge in [0.2, 0.25) is 0 Å². The summed E-state index contributed by atoms with van der Waals surface area (Å²) in [6.45, 7) is 0.257. The number of urea groups is 1. The van der Waals surface area contributed by atoms with Crippen molar-refractivity contribution < 1.29 is 14.7 Å². The van der Waals surface area contributed by atoms with E-state index in [1.165, 1.54) is 29.4 Å². The number of carboxylic acids is 1. The van der Waals surface area contributed by atoms with Gasteiger partial charge in [-0.05, 0) is 18.2 Å². The number of hydrogen-bond donors (Lipinski definition) is 3. The highest BCUT2D eigenvalue weighted by Crippen LogP contribution is 2.21.